The lowest BCUT2D eigenvalue weighted by atomic mass is 9.71. The Morgan fingerprint density at radius 3 is 2.64 bits per heavy atom. The van der Waals surface area contributed by atoms with Crippen LogP contribution in [0, 0.1) is 0 Å². The van der Waals surface area contributed by atoms with Crippen molar-refractivity contribution in [3.63, 3.8) is 0 Å². The first kappa shape index (κ1) is 23.7. The van der Waals surface area contributed by atoms with Gasteiger partial charge in [0.1, 0.15) is 0 Å². The number of likely N-dealkylation sites (tertiary alicyclic amines) is 1. The van der Waals surface area contributed by atoms with Gasteiger partial charge in [-0.25, -0.2) is 0 Å². The van der Waals surface area contributed by atoms with Gasteiger partial charge in [-0.1, -0.05) is 60.7 Å². The number of carbonyl (C=O) groups is 2. The molecule has 0 unspecified atom stereocenters. The van der Waals surface area contributed by atoms with Crippen LogP contribution < -0.4 is 0 Å². The van der Waals surface area contributed by atoms with Crippen LogP contribution in [-0.4, -0.2) is 47.0 Å². The third kappa shape index (κ3) is 4.15. The number of Topliss-reactive ketones (excluding diaryl/α,β-unsaturated/α-hetero) is 1. The molecule has 1 saturated heterocycles. The second-order valence-corrected chi connectivity index (χ2v) is 10.3. The summed E-state index contributed by atoms with van der Waals surface area (Å²) in [6, 6.07) is 6.06. The minimum atomic E-state index is -0.370. The maximum atomic E-state index is 13.7. The van der Waals surface area contributed by atoms with Gasteiger partial charge in [0.05, 0.1) is 18.3 Å². The average molecular weight is 511 g/mol. The fourth-order valence-corrected chi connectivity index (χ4v) is 5.67. The van der Waals surface area contributed by atoms with Crippen molar-refractivity contribution in [3.05, 3.63) is 69.9 Å². The van der Waals surface area contributed by atoms with Crippen molar-refractivity contribution >= 4 is 38.5 Å². The molecule has 2 heterocycles. The number of aromatic nitrogens is 1. The minimum Gasteiger partial charge on any atom is -0.374 e. The number of fused-ring (bicyclic) bond motifs is 3. The van der Waals surface area contributed by atoms with Gasteiger partial charge in [0, 0.05) is 59.1 Å². The van der Waals surface area contributed by atoms with Gasteiger partial charge >= 0.3 is 0 Å². The van der Waals surface area contributed by atoms with Crippen LogP contribution in [0.1, 0.15) is 49.7 Å². The molecule has 1 fully saturated rings. The number of carbonyl (C=O) groups excluding carboxylic acids is 2. The quantitative estimate of drug-likeness (QED) is 0.534. The smallest absolute Gasteiger partial charge is 0.219 e. The molecule has 1 aromatic heterocycles. The van der Waals surface area contributed by atoms with E-state index >= 15 is 0 Å². The third-order valence-corrected chi connectivity index (χ3v) is 7.49. The van der Waals surface area contributed by atoms with Crippen LogP contribution >= 0.6 is 15.9 Å². The molecule has 174 valence electrons. The van der Waals surface area contributed by atoms with Gasteiger partial charge in [-0.15, -0.1) is 0 Å². The van der Waals surface area contributed by atoms with E-state index in [0.717, 1.165) is 58.1 Å². The van der Waals surface area contributed by atoms with Crippen molar-refractivity contribution in [1.29, 1.82) is 0 Å². The number of rotatable bonds is 5. The van der Waals surface area contributed by atoms with E-state index in [4.69, 9.17) is 4.74 Å². The Balaban J connectivity index is 1.59. The Hall–Kier alpha value is -2.44. The van der Waals surface area contributed by atoms with Crippen LogP contribution in [-0.2, 0) is 22.0 Å². The van der Waals surface area contributed by atoms with Crippen molar-refractivity contribution in [2.24, 2.45) is 7.05 Å². The number of piperidine rings is 1. The van der Waals surface area contributed by atoms with Crippen LogP contribution in [0.25, 0.3) is 10.9 Å². The van der Waals surface area contributed by atoms with E-state index in [9.17, 15) is 9.59 Å². The molecule has 1 amide bonds. The molecule has 0 atom stereocenters. The first-order chi connectivity index (χ1) is 15.7. The van der Waals surface area contributed by atoms with Crippen molar-refractivity contribution in [1.82, 2.24) is 9.47 Å². The molecular weight excluding hydrogens is 480 g/mol. The maximum Gasteiger partial charge on any atom is 0.219 e. The van der Waals surface area contributed by atoms with Gasteiger partial charge in [-0.3, -0.25) is 9.59 Å². The summed E-state index contributed by atoms with van der Waals surface area (Å²) in [7, 11) is 2.02. The van der Waals surface area contributed by atoms with Gasteiger partial charge in [-0.05, 0) is 30.5 Å². The van der Waals surface area contributed by atoms with Gasteiger partial charge in [0.15, 0.2) is 5.78 Å². The van der Waals surface area contributed by atoms with Crippen LogP contribution in [0.3, 0.4) is 0 Å². The first-order valence-electron chi connectivity index (χ1n) is 11.4. The third-order valence-electron chi connectivity index (χ3n) is 6.99. The maximum absolute atomic E-state index is 13.7. The largest absolute Gasteiger partial charge is 0.374 e. The summed E-state index contributed by atoms with van der Waals surface area (Å²) >= 11 is 3.56. The lowest BCUT2D eigenvalue weighted by Crippen LogP contribution is -2.39. The van der Waals surface area contributed by atoms with E-state index in [1.807, 2.05) is 42.3 Å². The second-order valence-electron chi connectivity index (χ2n) is 9.37. The summed E-state index contributed by atoms with van der Waals surface area (Å²) in [4.78, 5) is 27.1. The van der Waals surface area contributed by atoms with E-state index in [0.29, 0.717) is 12.2 Å². The SMILES string of the molecule is C=CC1=C(/C=C\COC2CCN(C(C)=O)CC2)C(=O)c2c(n(C)c3cc(Br)ccc23)C1(C)C. The topological polar surface area (TPSA) is 51.5 Å². The molecule has 1 aliphatic carbocycles. The molecule has 0 radical (unpaired) electrons. The number of halogens is 1. The second kappa shape index (κ2) is 9.07. The Labute approximate surface area is 203 Å². The molecule has 5 nitrogen and oxygen atoms in total. The van der Waals surface area contributed by atoms with Crippen molar-refractivity contribution in [2.75, 3.05) is 19.7 Å². The predicted octanol–water partition coefficient (Wildman–Crippen LogP) is 5.48. The van der Waals surface area contributed by atoms with Crippen molar-refractivity contribution in [2.45, 2.75) is 45.1 Å². The monoisotopic (exact) mass is 510 g/mol. The highest BCUT2D eigenvalue weighted by Crippen LogP contribution is 2.45. The van der Waals surface area contributed by atoms with E-state index < -0.39 is 0 Å². The Bertz CT molecular complexity index is 1190. The fourth-order valence-electron chi connectivity index (χ4n) is 5.32. The molecule has 0 spiro atoms. The predicted molar refractivity (Wildman–Crippen MR) is 136 cm³/mol. The highest BCUT2D eigenvalue weighted by Gasteiger charge is 2.40. The molecule has 33 heavy (non-hydrogen) atoms. The number of hydrogen-bond donors (Lipinski definition) is 0. The van der Waals surface area contributed by atoms with E-state index in [-0.39, 0.29) is 23.2 Å². The Morgan fingerprint density at radius 2 is 2.00 bits per heavy atom. The summed E-state index contributed by atoms with van der Waals surface area (Å²) < 4.78 is 9.14. The summed E-state index contributed by atoms with van der Waals surface area (Å²) in [5.74, 6) is 0.147. The standard InChI is InChI=1S/C27H31BrN2O3/c1-6-22-20(8-7-15-33-19-11-13-30(14-12-19)17(2)31)25(32)24-21-10-9-18(28)16-23(21)29(5)26(24)27(22,3)4/h6-10,16,19H,1,11-15H2,2-5H3/b8-7-. The van der Waals surface area contributed by atoms with Crippen LogP contribution in [0.15, 0.2) is 58.6 Å². The number of ketones is 1. The number of ether oxygens (including phenoxy) is 1. The molecule has 0 saturated carbocycles. The average Bonchev–Trinajstić information content (AvgIpc) is 3.07. The van der Waals surface area contributed by atoms with Gasteiger partial charge in [-0.2, -0.15) is 0 Å². The van der Waals surface area contributed by atoms with Crippen LogP contribution in [0.2, 0.25) is 0 Å². The van der Waals surface area contributed by atoms with E-state index in [1.54, 1.807) is 6.92 Å². The number of hydrogen-bond acceptors (Lipinski definition) is 3. The Morgan fingerprint density at radius 1 is 1.30 bits per heavy atom. The Kier molecular flexibility index (Phi) is 6.52. The molecular formula is C27H31BrN2O3. The van der Waals surface area contributed by atoms with Crippen LogP contribution in [0.5, 0.6) is 0 Å². The van der Waals surface area contributed by atoms with Crippen molar-refractivity contribution in [3.8, 4) is 0 Å². The summed E-state index contributed by atoms with van der Waals surface area (Å²) in [6.07, 6.45) is 7.46. The highest BCUT2D eigenvalue weighted by atomic mass is 79.9. The van der Waals surface area contributed by atoms with Gasteiger partial charge in [0.25, 0.3) is 0 Å². The van der Waals surface area contributed by atoms with Gasteiger partial charge < -0.3 is 14.2 Å². The zero-order valence-electron chi connectivity index (χ0n) is 19.8. The molecule has 4 rings (SSSR count). The van der Waals surface area contributed by atoms with Gasteiger partial charge in [0.2, 0.25) is 5.91 Å². The number of nitrogens with zero attached hydrogens (tertiary/aromatic N) is 2. The van der Waals surface area contributed by atoms with E-state index in [1.165, 1.54) is 0 Å². The molecule has 0 N–H and O–H groups in total. The highest BCUT2D eigenvalue weighted by molar-refractivity contribution is 9.10. The molecule has 0 bridgehead atoms. The van der Waals surface area contributed by atoms with Crippen LogP contribution in [0.4, 0.5) is 0 Å². The fraction of sp³-hybridized carbons (Fsp3) is 0.407. The zero-order valence-corrected chi connectivity index (χ0v) is 21.4. The van der Waals surface area contributed by atoms with Crippen molar-refractivity contribution < 1.29 is 14.3 Å². The number of benzene rings is 1. The van der Waals surface area contributed by atoms with E-state index in [2.05, 4.69) is 47.0 Å². The molecule has 2 aliphatic rings. The molecule has 1 aliphatic heterocycles. The minimum absolute atomic E-state index is 0.0261. The lowest BCUT2D eigenvalue weighted by molar-refractivity contribution is -0.131. The molecule has 6 heteroatoms. The summed E-state index contributed by atoms with van der Waals surface area (Å²) in [5.41, 5.74) is 4.05. The lowest BCUT2D eigenvalue weighted by Gasteiger charge is -2.34. The zero-order chi connectivity index (χ0) is 23.9. The molecule has 1 aromatic carbocycles. The summed E-state index contributed by atoms with van der Waals surface area (Å²) in [6.45, 7) is 11.8. The molecule has 2 aromatic rings. The number of aryl methyl sites for hydroxylation is 1. The normalized spacial score (nSPS) is 18.9. The number of allylic oxidation sites excluding steroid dienone is 4. The number of amides is 1. The summed E-state index contributed by atoms with van der Waals surface area (Å²) in [5, 5.41) is 0.969. The first-order valence-corrected chi connectivity index (χ1v) is 12.2.